The fraction of sp³-hybridized carbons (Fsp3) is 0.571. The van der Waals surface area contributed by atoms with Crippen molar-refractivity contribution in [3.8, 4) is 11.4 Å². The van der Waals surface area contributed by atoms with Crippen LogP contribution in [0, 0.1) is 12.8 Å². The van der Waals surface area contributed by atoms with Gasteiger partial charge in [-0.3, -0.25) is 0 Å². The molecule has 19 heavy (non-hydrogen) atoms. The third-order valence-corrected chi connectivity index (χ3v) is 3.23. The summed E-state index contributed by atoms with van der Waals surface area (Å²) in [5.74, 6) is 2.58. The van der Waals surface area contributed by atoms with Crippen LogP contribution in [-0.4, -0.2) is 22.7 Å². The van der Waals surface area contributed by atoms with Crippen molar-refractivity contribution >= 4 is 0 Å². The zero-order valence-electron chi connectivity index (χ0n) is 11.9. The molecule has 0 saturated heterocycles. The van der Waals surface area contributed by atoms with Gasteiger partial charge in [0.25, 0.3) is 0 Å². The van der Waals surface area contributed by atoms with Crippen molar-refractivity contribution in [3.63, 3.8) is 0 Å². The van der Waals surface area contributed by atoms with Crippen molar-refractivity contribution in [1.29, 1.82) is 0 Å². The first kappa shape index (κ1) is 13.8. The van der Waals surface area contributed by atoms with Crippen molar-refractivity contribution in [3.05, 3.63) is 24.0 Å². The SMILES string of the molecule is CCNC(Cc1nc(-c2ccoc2C)no1)C(C)C. The Hall–Kier alpha value is -1.62. The van der Waals surface area contributed by atoms with E-state index < -0.39 is 0 Å². The number of rotatable bonds is 6. The molecule has 2 aromatic rings. The maximum Gasteiger partial charge on any atom is 0.228 e. The Labute approximate surface area is 113 Å². The zero-order valence-corrected chi connectivity index (χ0v) is 11.9. The maximum absolute atomic E-state index is 5.33. The van der Waals surface area contributed by atoms with Gasteiger partial charge >= 0.3 is 0 Å². The summed E-state index contributed by atoms with van der Waals surface area (Å²) in [5.41, 5.74) is 0.888. The molecule has 0 amide bonds. The van der Waals surface area contributed by atoms with E-state index >= 15 is 0 Å². The predicted molar refractivity (Wildman–Crippen MR) is 72.7 cm³/mol. The molecular formula is C14H21N3O2. The Balaban J connectivity index is 2.11. The lowest BCUT2D eigenvalue weighted by Crippen LogP contribution is -2.35. The molecule has 5 nitrogen and oxygen atoms in total. The molecule has 5 heteroatoms. The molecule has 2 rings (SSSR count). The first-order valence-electron chi connectivity index (χ1n) is 6.72. The lowest BCUT2D eigenvalue weighted by molar-refractivity contribution is 0.329. The molecule has 104 valence electrons. The molecule has 2 aromatic heterocycles. The Bertz CT molecular complexity index is 516. The Morgan fingerprint density at radius 1 is 1.37 bits per heavy atom. The van der Waals surface area contributed by atoms with Crippen LogP contribution in [0.4, 0.5) is 0 Å². The van der Waals surface area contributed by atoms with Crippen LogP contribution < -0.4 is 5.32 Å². The van der Waals surface area contributed by atoms with Crippen LogP contribution in [0.5, 0.6) is 0 Å². The van der Waals surface area contributed by atoms with E-state index in [-0.39, 0.29) is 0 Å². The molecule has 0 spiro atoms. The van der Waals surface area contributed by atoms with E-state index in [1.54, 1.807) is 6.26 Å². The predicted octanol–water partition coefficient (Wildman–Crippen LogP) is 2.81. The lowest BCUT2D eigenvalue weighted by Gasteiger charge is -2.19. The van der Waals surface area contributed by atoms with Crippen molar-refractivity contribution < 1.29 is 8.94 Å². The minimum atomic E-state index is 0.351. The van der Waals surface area contributed by atoms with Gasteiger partial charge in [-0.1, -0.05) is 25.9 Å². The molecule has 0 aliphatic rings. The molecule has 0 bridgehead atoms. The van der Waals surface area contributed by atoms with Gasteiger partial charge < -0.3 is 14.3 Å². The molecule has 0 fully saturated rings. The third-order valence-electron chi connectivity index (χ3n) is 3.23. The van der Waals surface area contributed by atoms with E-state index in [1.807, 2.05) is 13.0 Å². The average molecular weight is 263 g/mol. The second kappa shape index (κ2) is 6.02. The molecule has 0 aliphatic carbocycles. The molecule has 0 aliphatic heterocycles. The summed E-state index contributed by atoms with van der Waals surface area (Å²) in [7, 11) is 0. The summed E-state index contributed by atoms with van der Waals surface area (Å²) in [6.45, 7) is 9.30. The Kier molecular flexibility index (Phi) is 4.37. The normalized spacial score (nSPS) is 13.1. The number of hydrogen-bond acceptors (Lipinski definition) is 5. The molecule has 2 heterocycles. The minimum Gasteiger partial charge on any atom is -0.469 e. The van der Waals surface area contributed by atoms with Crippen molar-refractivity contribution in [2.45, 2.75) is 40.2 Å². The van der Waals surface area contributed by atoms with E-state index in [4.69, 9.17) is 8.94 Å². The van der Waals surface area contributed by atoms with E-state index in [2.05, 4.69) is 36.2 Å². The smallest absolute Gasteiger partial charge is 0.228 e. The summed E-state index contributed by atoms with van der Waals surface area (Å²) >= 11 is 0. The number of aromatic nitrogens is 2. The number of aryl methyl sites for hydroxylation is 1. The van der Waals surface area contributed by atoms with Crippen LogP contribution >= 0.6 is 0 Å². The van der Waals surface area contributed by atoms with Gasteiger partial charge in [0.05, 0.1) is 11.8 Å². The summed E-state index contributed by atoms with van der Waals surface area (Å²) in [6, 6.07) is 2.21. The minimum absolute atomic E-state index is 0.351. The van der Waals surface area contributed by atoms with Gasteiger partial charge in [0.15, 0.2) is 0 Å². The number of likely N-dealkylation sites (N-methyl/N-ethyl adjacent to an activating group) is 1. The highest BCUT2D eigenvalue weighted by Crippen LogP contribution is 2.21. The Morgan fingerprint density at radius 2 is 2.16 bits per heavy atom. The summed E-state index contributed by atoms with van der Waals surface area (Å²) < 4.78 is 10.6. The first-order valence-corrected chi connectivity index (χ1v) is 6.72. The number of hydrogen-bond donors (Lipinski definition) is 1. The highest BCUT2D eigenvalue weighted by Gasteiger charge is 2.18. The van der Waals surface area contributed by atoms with Gasteiger partial charge in [-0.05, 0) is 25.5 Å². The van der Waals surface area contributed by atoms with Crippen LogP contribution in [0.15, 0.2) is 21.3 Å². The second-order valence-electron chi connectivity index (χ2n) is 5.01. The number of nitrogens with one attached hydrogen (secondary N) is 1. The average Bonchev–Trinajstić information content (AvgIpc) is 2.97. The van der Waals surface area contributed by atoms with E-state index in [1.165, 1.54) is 0 Å². The van der Waals surface area contributed by atoms with Gasteiger partial charge in [-0.15, -0.1) is 0 Å². The molecule has 1 unspecified atom stereocenters. The molecule has 0 saturated carbocycles. The topological polar surface area (TPSA) is 64.1 Å². The summed E-state index contributed by atoms with van der Waals surface area (Å²) in [5, 5.41) is 7.46. The maximum atomic E-state index is 5.33. The quantitative estimate of drug-likeness (QED) is 0.868. The fourth-order valence-corrected chi connectivity index (χ4v) is 2.06. The molecule has 1 N–H and O–H groups in total. The van der Waals surface area contributed by atoms with Gasteiger partial charge in [0.2, 0.25) is 11.7 Å². The standard InChI is InChI=1S/C14H21N3O2/c1-5-15-12(9(2)3)8-13-16-14(17-19-13)11-6-7-18-10(11)4/h6-7,9,12,15H,5,8H2,1-4H3. The fourth-order valence-electron chi connectivity index (χ4n) is 2.06. The van der Waals surface area contributed by atoms with Crippen LogP contribution in [0.1, 0.15) is 32.4 Å². The second-order valence-corrected chi connectivity index (χ2v) is 5.01. The lowest BCUT2D eigenvalue weighted by atomic mass is 10.0. The third kappa shape index (κ3) is 3.23. The summed E-state index contributed by atoms with van der Waals surface area (Å²) in [6.07, 6.45) is 2.38. The van der Waals surface area contributed by atoms with Gasteiger partial charge in [0, 0.05) is 12.5 Å². The number of furan rings is 1. The van der Waals surface area contributed by atoms with E-state index in [9.17, 15) is 0 Å². The van der Waals surface area contributed by atoms with Crippen LogP contribution in [0.3, 0.4) is 0 Å². The highest BCUT2D eigenvalue weighted by atomic mass is 16.5. The van der Waals surface area contributed by atoms with Crippen LogP contribution in [0.2, 0.25) is 0 Å². The van der Waals surface area contributed by atoms with Crippen molar-refractivity contribution in [1.82, 2.24) is 15.5 Å². The van der Waals surface area contributed by atoms with Gasteiger partial charge in [0.1, 0.15) is 5.76 Å². The largest absolute Gasteiger partial charge is 0.469 e. The molecular weight excluding hydrogens is 242 g/mol. The van der Waals surface area contributed by atoms with Gasteiger partial charge in [-0.25, -0.2) is 0 Å². The van der Waals surface area contributed by atoms with E-state index in [0.29, 0.717) is 23.7 Å². The van der Waals surface area contributed by atoms with Crippen molar-refractivity contribution in [2.75, 3.05) is 6.54 Å². The van der Waals surface area contributed by atoms with Crippen LogP contribution in [0.25, 0.3) is 11.4 Å². The van der Waals surface area contributed by atoms with Crippen molar-refractivity contribution in [2.24, 2.45) is 5.92 Å². The first-order chi connectivity index (χ1) is 9.11. The number of nitrogens with zero attached hydrogens (tertiary/aromatic N) is 2. The zero-order chi connectivity index (χ0) is 13.8. The van der Waals surface area contributed by atoms with Gasteiger partial charge in [-0.2, -0.15) is 4.98 Å². The van der Waals surface area contributed by atoms with Crippen LogP contribution in [-0.2, 0) is 6.42 Å². The Morgan fingerprint density at radius 3 is 2.74 bits per heavy atom. The highest BCUT2D eigenvalue weighted by molar-refractivity contribution is 5.56. The summed E-state index contributed by atoms with van der Waals surface area (Å²) in [4.78, 5) is 4.44. The molecule has 1 atom stereocenters. The molecule has 0 radical (unpaired) electrons. The van der Waals surface area contributed by atoms with E-state index in [0.717, 1.165) is 24.3 Å². The monoisotopic (exact) mass is 263 g/mol. The molecule has 0 aromatic carbocycles.